The number of carbonyl (C=O) groups excluding carboxylic acids is 1. The Hall–Kier alpha value is -4.32. The molecule has 0 unspecified atom stereocenters. The normalized spacial score (nSPS) is 10.8. The number of hydrogen-bond donors (Lipinski definition) is 1. The molecule has 0 radical (unpaired) electrons. The molecular weight excluding hydrogens is 374 g/mol. The van der Waals surface area contributed by atoms with Gasteiger partial charge in [0.05, 0.1) is 17.4 Å². The highest BCUT2D eigenvalue weighted by molar-refractivity contribution is 6.12. The fourth-order valence-corrected chi connectivity index (χ4v) is 3.36. The van der Waals surface area contributed by atoms with E-state index in [0.29, 0.717) is 28.2 Å². The van der Waals surface area contributed by atoms with Gasteiger partial charge in [-0.3, -0.25) is 9.89 Å². The number of nitrogens with one attached hydrogen (secondary N) is 1. The van der Waals surface area contributed by atoms with Crippen molar-refractivity contribution < 1.29 is 4.79 Å². The van der Waals surface area contributed by atoms with E-state index in [1.54, 1.807) is 23.1 Å². The molecule has 0 saturated carbocycles. The van der Waals surface area contributed by atoms with Crippen LogP contribution < -0.4 is 0 Å². The maximum atomic E-state index is 13.2. The number of hydrogen-bond acceptors (Lipinski definition) is 4. The van der Waals surface area contributed by atoms with Crippen LogP contribution >= 0.6 is 0 Å². The van der Waals surface area contributed by atoms with Gasteiger partial charge < -0.3 is 0 Å². The predicted octanol–water partition coefficient (Wildman–Crippen LogP) is 4.56. The average Bonchev–Trinajstić information content (AvgIpc) is 3.48. The Labute approximate surface area is 172 Å². The van der Waals surface area contributed by atoms with Crippen LogP contribution in [0.1, 0.15) is 16.1 Å². The van der Waals surface area contributed by atoms with Crippen LogP contribution in [-0.2, 0) is 0 Å². The van der Waals surface area contributed by atoms with E-state index >= 15 is 0 Å². The van der Waals surface area contributed by atoms with E-state index < -0.39 is 0 Å². The van der Waals surface area contributed by atoms with E-state index in [-0.39, 0.29) is 5.78 Å². The van der Waals surface area contributed by atoms with E-state index in [4.69, 9.17) is 0 Å². The molecule has 30 heavy (non-hydrogen) atoms. The van der Waals surface area contributed by atoms with Crippen LogP contribution in [0.4, 0.5) is 0 Å². The Morgan fingerprint density at radius 2 is 1.43 bits per heavy atom. The molecular formula is C24H17N5O. The van der Waals surface area contributed by atoms with Crippen molar-refractivity contribution in [1.29, 1.82) is 0 Å². The van der Waals surface area contributed by atoms with Gasteiger partial charge in [-0.25, -0.2) is 0 Å². The maximum Gasteiger partial charge on any atom is 0.211 e. The Morgan fingerprint density at radius 1 is 0.800 bits per heavy atom. The van der Waals surface area contributed by atoms with E-state index in [2.05, 4.69) is 20.4 Å². The number of carbonyl (C=O) groups is 1. The highest BCUT2D eigenvalue weighted by atomic mass is 16.1. The van der Waals surface area contributed by atoms with Crippen LogP contribution in [0.2, 0.25) is 0 Å². The van der Waals surface area contributed by atoms with Crippen molar-refractivity contribution in [2.75, 3.05) is 0 Å². The summed E-state index contributed by atoms with van der Waals surface area (Å²) in [4.78, 5) is 14.8. The number of aromatic amines is 1. The molecule has 2 aromatic heterocycles. The predicted molar refractivity (Wildman–Crippen MR) is 114 cm³/mol. The second-order valence-electron chi connectivity index (χ2n) is 6.74. The van der Waals surface area contributed by atoms with Gasteiger partial charge in [-0.1, -0.05) is 78.9 Å². The summed E-state index contributed by atoms with van der Waals surface area (Å²) in [5.74, 6) is -0.144. The quantitative estimate of drug-likeness (QED) is 0.446. The first kappa shape index (κ1) is 17.8. The molecule has 0 atom stereocenters. The van der Waals surface area contributed by atoms with Crippen LogP contribution in [0.25, 0.3) is 28.2 Å². The van der Waals surface area contributed by atoms with Crippen LogP contribution in [-0.4, -0.2) is 31.0 Å². The first-order chi connectivity index (χ1) is 14.8. The van der Waals surface area contributed by atoms with Crippen molar-refractivity contribution >= 4 is 5.78 Å². The highest BCUT2D eigenvalue weighted by Crippen LogP contribution is 2.33. The minimum atomic E-state index is -0.144. The van der Waals surface area contributed by atoms with Gasteiger partial charge in [-0.05, 0) is 12.1 Å². The number of benzene rings is 3. The number of H-pyrrole nitrogens is 1. The van der Waals surface area contributed by atoms with Gasteiger partial charge >= 0.3 is 0 Å². The summed E-state index contributed by atoms with van der Waals surface area (Å²) in [6.07, 6.45) is 1.66. The lowest BCUT2D eigenvalue weighted by molar-refractivity contribution is 0.103. The van der Waals surface area contributed by atoms with Gasteiger partial charge in [0.25, 0.3) is 0 Å². The third kappa shape index (κ3) is 3.20. The van der Waals surface area contributed by atoms with Crippen LogP contribution in [0, 0.1) is 0 Å². The van der Waals surface area contributed by atoms with Crippen molar-refractivity contribution in [3.05, 3.63) is 108 Å². The van der Waals surface area contributed by atoms with Gasteiger partial charge in [0.2, 0.25) is 5.78 Å². The molecule has 0 fully saturated rings. The Kier molecular flexibility index (Phi) is 4.50. The molecule has 0 aliphatic rings. The first-order valence-electron chi connectivity index (χ1n) is 9.53. The fraction of sp³-hybridized carbons (Fsp3) is 0. The molecule has 0 aliphatic carbocycles. The zero-order valence-electron chi connectivity index (χ0n) is 15.9. The van der Waals surface area contributed by atoms with Crippen LogP contribution in [0.3, 0.4) is 0 Å². The lowest BCUT2D eigenvalue weighted by Crippen LogP contribution is -2.04. The molecule has 6 nitrogen and oxygen atoms in total. The molecule has 0 spiro atoms. The van der Waals surface area contributed by atoms with Crippen LogP contribution in [0.5, 0.6) is 0 Å². The molecule has 6 heteroatoms. The Balaban J connectivity index is 1.67. The Morgan fingerprint density at radius 3 is 2.13 bits per heavy atom. The fourth-order valence-electron chi connectivity index (χ4n) is 3.36. The summed E-state index contributed by atoms with van der Waals surface area (Å²) >= 11 is 0. The molecule has 0 amide bonds. The molecule has 0 aliphatic heterocycles. The minimum Gasteiger partial charge on any atom is -0.287 e. The number of ketones is 1. The third-order valence-electron chi connectivity index (χ3n) is 4.81. The summed E-state index contributed by atoms with van der Waals surface area (Å²) in [6, 6.07) is 28.5. The summed E-state index contributed by atoms with van der Waals surface area (Å²) in [5.41, 5.74) is 4.57. The van der Waals surface area contributed by atoms with E-state index in [1.165, 1.54) is 0 Å². The van der Waals surface area contributed by atoms with E-state index in [0.717, 1.165) is 11.3 Å². The standard InChI is InChI=1S/C24H17N5O/c30-24(18-12-6-2-7-13-18)23-21(22(26-27-23)17-10-4-1-5-11-17)20-16-25-29(28-20)19-14-8-3-9-15-19/h1-16H,(H,26,27). The lowest BCUT2D eigenvalue weighted by atomic mass is 9.99. The second-order valence-corrected chi connectivity index (χ2v) is 6.74. The van der Waals surface area contributed by atoms with Crippen molar-refractivity contribution in [3.63, 3.8) is 0 Å². The number of rotatable bonds is 5. The lowest BCUT2D eigenvalue weighted by Gasteiger charge is -2.04. The summed E-state index contributed by atoms with van der Waals surface area (Å²) in [7, 11) is 0. The summed E-state index contributed by atoms with van der Waals surface area (Å²) < 4.78 is 0. The molecule has 1 N–H and O–H groups in total. The van der Waals surface area contributed by atoms with Gasteiger partial charge in [-0.2, -0.15) is 15.0 Å². The van der Waals surface area contributed by atoms with Crippen LogP contribution in [0.15, 0.2) is 97.2 Å². The van der Waals surface area contributed by atoms with Gasteiger partial charge in [0.1, 0.15) is 17.1 Å². The monoisotopic (exact) mass is 391 g/mol. The number of para-hydroxylation sites is 1. The molecule has 0 saturated heterocycles. The maximum absolute atomic E-state index is 13.2. The zero-order chi connectivity index (χ0) is 20.3. The smallest absolute Gasteiger partial charge is 0.211 e. The molecule has 0 bridgehead atoms. The van der Waals surface area contributed by atoms with E-state index in [9.17, 15) is 4.79 Å². The van der Waals surface area contributed by atoms with Crippen molar-refractivity contribution in [2.24, 2.45) is 0 Å². The molecule has 3 aromatic carbocycles. The van der Waals surface area contributed by atoms with Crippen molar-refractivity contribution in [2.45, 2.75) is 0 Å². The highest BCUT2D eigenvalue weighted by Gasteiger charge is 2.24. The number of nitrogens with zero attached hydrogens (tertiary/aromatic N) is 4. The Bertz CT molecular complexity index is 1290. The molecule has 2 heterocycles. The second kappa shape index (κ2) is 7.60. The SMILES string of the molecule is O=C(c1ccccc1)c1[nH]nc(-c2ccccc2)c1-c1cnn(-c2ccccc2)n1. The first-order valence-corrected chi connectivity index (χ1v) is 9.53. The molecule has 5 aromatic rings. The largest absolute Gasteiger partial charge is 0.287 e. The molecule has 5 rings (SSSR count). The van der Waals surface area contributed by atoms with Gasteiger partial charge in [0, 0.05) is 11.1 Å². The van der Waals surface area contributed by atoms with Gasteiger partial charge in [-0.15, -0.1) is 5.10 Å². The van der Waals surface area contributed by atoms with Gasteiger partial charge in [0.15, 0.2) is 0 Å². The number of aromatic nitrogens is 5. The topological polar surface area (TPSA) is 76.5 Å². The van der Waals surface area contributed by atoms with E-state index in [1.807, 2.05) is 78.9 Å². The zero-order valence-corrected chi connectivity index (χ0v) is 15.9. The average molecular weight is 391 g/mol. The molecule has 144 valence electrons. The summed E-state index contributed by atoms with van der Waals surface area (Å²) in [6.45, 7) is 0. The van der Waals surface area contributed by atoms with Crippen molar-refractivity contribution in [1.82, 2.24) is 25.2 Å². The third-order valence-corrected chi connectivity index (χ3v) is 4.81. The minimum absolute atomic E-state index is 0.144. The summed E-state index contributed by atoms with van der Waals surface area (Å²) in [5, 5.41) is 16.5. The van der Waals surface area contributed by atoms with Crippen molar-refractivity contribution in [3.8, 4) is 28.2 Å².